The summed E-state index contributed by atoms with van der Waals surface area (Å²) in [6, 6.07) is 12.6. The Labute approximate surface area is 196 Å². The molecule has 8 nitrogen and oxygen atoms in total. The van der Waals surface area contributed by atoms with Gasteiger partial charge in [-0.3, -0.25) is 29.4 Å². The minimum atomic E-state index is -0.718. The largest absolute Gasteiger partial charge is 0.326 e. The zero-order valence-corrected chi connectivity index (χ0v) is 18.7. The van der Waals surface area contributed by atoms with E-state index in [0.29, 0.717) is 11.3 Å². The molecular weight excluding hydrogens is 434 g/mol. The van der Waals surface area contributed by atoms with E-state index in [4.69, 9.17) is 0 Å². The first-order valence-electron chi connectivity index (χ1n) is 11.5. The maximum absolute atomic E-state index is 13.5. The number of carbonyl (C=O) groups excluding carboxylic acids is 3. The second kappa shape index (κ2) is 8.52. The number of hydrogen-bond donors (Lipinski definition) is 1. The number of rotatable bonds is 6. The van der Waals surface area contributed by atoms with E-state index >= 15 is 0 Å². The van der Waals surface area contributed by atoms with E-state index in [0.717, 1.165) is 18.4 Å². The van der Waals surface area contributed by atoms with E-state index in [1.165, 1.54) is 23.1 Å². The summed E-state index contributed by atoms with van der Waals surface area (Å²) in [7, 11) is 0. The fraction of sp³-hybridized carbons (Fsp3) is 0.346. The first kappa shape index (κ1) is 22.0. The molecule has 174 valence electrons. The molecule has 5 atom stereocenters. The van der Waals surface area contributed by atoms with Crippen molar-refractivity contribution in [3.63, 3.8) is 0 Å². The molecule has 1 saturated heterocycles. The predicted octanol–water partition coefficient (Wildman–Crippen LogP) is 4.17. The van der Waals surface area contributed by atoms with Crippen LogP contribution in [-0.4, -0.2) is 27.5 Å². The lowest BCUT2D eigenvalue weighted by Crippen LogP contribution is -2.38. The molecule has 0 radical (unpaired) electrons. The van der Waals surface area contributed by atoms with Crippen LogP contribution in [-0.2, 0) is 14.4 Å². The van der Waals surface area contributed by atoms with Crippen LogP contribution in [0.4, 0.5) is 11.4 Å². The normalized spacial score (nSPS) is 25.9. The van der Waals surface area contributed by atoms with Crippen molar-refractivity contribution in [2.45, 2.75) is 32.2 Å². The van der Waals surface area contributed by atoms with Gasteiger partial charge in [0.05, 0.1) is 29.2 Å². The number of hydrogen-bond acceptors (Lipinski definition) is 5. The summed E-state index contributed by atoms with van der Waals surface area (Å²) in [5.74, 6) is -1.30. The van der Waals surface area contributed by atoms with Crippen molar-refractivity contribution in [3.05, 3.63) is 81.9 Å². The highest BCUT2D eigenvalue weighted by Gasteiger charge is 2.58. The van der Waals surface area contributed by atoms with Crippen molar-refractivity contribution in [1.29, 1.82) is 0 Å². The molecule has 0 aromatic heterocycles. The molecule has 3 aliphatic carbocycles. The van der Waals surface area contributed by atoms with Gasteiger partial charge in [0, 0.05) is 17.8 Å². The topological polar surface area (TPSA) is 110 Å². The molecule has 6 rings (SSSR count). The maximum Gasteiger partial charge on any atom is 0.269 e. The SMILES string of the molecule is Cc1cc([N+](=O)[O-])ccc1NC(=O)C[C@H](c1ccccc1)N1C(=O)[C@@H]2[C@@H](C1=O)[C@H]1C=C[C@H]2CC1. The van der Waals surface area contributed by atoms with Gasteiger partial charge >= 0.3 is 0 Å². The molecule has 1 N–H and O–H groups in total. The number of nitrogens with one attached hydrogen (secondary N) is 1. The minimum Gasteiger partial charge on any atom is -0.326 e. The summed E-state index contributed by atoms with van der Waals surface area (Å²) in [6.45, 7) is 1.68. The van der Waals surface area contributed by atoms with E-state index in [-0.39, 0.29) is 53.5 Å². The molecule has 1 aliphatic heterocycles. The molecule has 2 bridgehead atoms. The average Bonchev–Trinajstić information content (AvgIpc) is 3.12. The number of fused-ring (bicyclic) bond motifs is 1. The van der Waals surface area contributed by atoms with Gasteiger partial charge in [-0.15, -0.1) is 0 Å². The Bertz CT molecular complexity index is 1180. The second-order valence-electron chi connectivity index (χ2n) is 9.32. The van der Waals surface area contributed by atoms with Crippen LogP contribution in [0.3, 0.4) is 0 Å². The van der Waals surface area contributed by atoms with Gasteiger partial charge in [-0.1, -0.05) is 42.5 Å². The van der Waals surface area contributed by atoms with E-state index in [1.54, 1.807) is 6.92 Å². The summed E-state index contributed by atoms with van der Waals surface area (Å²) < 4.78 is 0. The molecule has 1 heterocycles. The fourth-order valence-electron chi connectivity index (χ4n) is 5.72. The van der Waals surface area contributed by atoms with E-state index in [1.807, 2.05) is 30.3 Å². The number of nitro benzene ring substituents is 1. The Morgan fingerprint density at radius 2 is 1.68 bits per heavy atom. The van der Waals surface area contributed by atoms with E-state index < -0.39 is 11.0 Å². The predicted molar refractivity (Wildman–Crippen MR) is 124 cm³/mol. The number of likely N-dealkylation sites (tertiary alicyclic amines) is 1. The molecule has 2 aromatic rings. The molecule has 8 heteroatoms. The van der Waals surface area contributed by atoms with Crippen LogP contribution >= 0.6 is 0 Å². The zero-order chi connectivity index (χ0) is 24.0. The average molecular weight is 460 g/mol. The summed E-state index contributed by atoms with van der Waals surface area (Å²) >= 11 is 0. The number of benzene rings is 2. The quantitative estimate of drug-likeness (QED) is 0.302. The summed E-state index contributed by atoms with van der Waals surface area (Å²) in [5, 5.41) is 13.8. The van der Waals surface area contributed by atoms with Crippen molar-refractivity contribution < 1.29 is 19.3 Å². The first-order chi connectivity index (χ1) is 16.3. The number of nitro groups is 1. The number of aryl methyl sites for hydroxylation is 1. The van der Waals surface area contributed by atoms with Crippen molar-refractivity contribution in [1.82, 2.24) is 4.90 Å². The van der Waals surface area contributed by atoms with Gasteiger partial charge in [0.15, 0.2) is 0 Å². The Morgan fingerprint density at radius 3 is 2.21 bits per heavy atom. The van der Waals surface area contributed by atoms with Gasteiger partial charge in [0.1, 0.15) is 0 Å². The second-order valence-corrected chi connectivity index (χ2v) is 9.32. The van der Waals surface area contributed by atoms with Gasteiger partial charge in [0.2, 0.25) is 17.7 Å². The van der Waals surface area contributed by atoms with Gasteiger partial charge in [-0.2, -0.15) is 0 Å². The standard InChI is InChI=1S/C26H25N3O5/c1-15-13-19(29(33)34)11-12-20(15)27-22(30)14-21(16-5-3-2-4-6-16)28-25(31)23-17-7-8-18(10-9-17)24(23)26(28)32/h2-8,11-13,17-18,21,23-24H,9-10,14H2,1H3,(H,27,30)/t17-,18-,21+,23-,24-/m0/s1. The third-order valence-corrected chi connectivity index (χ3v) is 7.36. The van der Waals surface area contributed by atoms with Crippen LogP contribution in [0.2, 0.25) is 0 Å². The van der Waals surface area contributed by atoms with Gasteiger partial charge in [-0.25, -0.2) is 0 Å². The molecule has 34 heavy (non-hydrogen) atoms. The van der Waals surface area contributed by atoms with Crippen molar-refractivity contribution in [2.24, 2.45) is 23.7 Å². The molecule has 0 unspecified atom stereocenters. The Kier molecular flexibility index (Phi) is 5.51. The Hall–Kier alpha value is -3.81. The molecular formula is C26H25N3O5. The minimum absolute atomic E-state index is 0.0585. The summed E-state index contributed by atoms with van der Waals surface area (Å²) in [4.78, 5) is 52.0. The number of amides is 3. The van der Waals surface area contributed by atoms with Gasteiger partial charge in [-0.05, 0) is 48.8 Å². The lowest BCUT2D eigenvalue weighted by molar-refractivity contribution is -0.384. The van der Waals surface area contributed by atoms with Gasteiger partial charge in [0.25, 0.3) is 5.69 Å². The lowest BCUT2D eigenvalue weighted by atomic mass is 9.63. The summed E-state index contributed by atoms with van der Waals surface area (Å²) in [5.41, 5.74) is 1.67. The number of allylic oxidation sites excluding steroid dienone is 2. The van der Waals surface area contributed by atoms with Gasteiger partial charge < -0.3 is 5.32 Å². The van der Waals surface area contributed by atoms with Crippen molar-refractivity contribution >= 4 is 29.1 Å². The molecule has 2 fully saturated rings. The number of nitrogens with zero attached hydrogens (tertiary/aromatic N) is 2. The number of imide groups is 1. The van der Waals surface area contributed by atoms with Crippen LogP contribution in [0.1, 0.15) is 36.4 Å². The smallest absolute Gasteiger partial charge is 0.269 e. The van der Waals surface area contributed by atoms with Crippen LogP contribution in [0.15, 0.2) is 60.7 Å². The Balaban J connectivity index is 1.42. The summed E-state index contributed by atoms with van der Waals surface area (Å²) in [6.07, 6.45) is 5.87. The highest BCUT2D eigenvalue weighted by molar-refractivity contribution is 6.07. The molecule has 4 aliphatic rings. The van der Waals surface area contributed by atoms with Crippen LogP contribution < -0.4 is 5.32 Å². The zero-order valence-electron chi connectivity index (χ0n) is 18.7. The van der Waals surface area contributed by atoms with E-state index in [2.05, 4.69) is 17.5 Å². The molecule has 0 spiro atoms. The Morgan fingerprint density at radius 1 is 1.06 bits per heavy atom. The lowest BCUT2D eigenvalue weighted by Gasteiger charge is -2.38. The number of carbonyl (C=O) groups is 3. The van der Waals surface area contributed by atoms with Crippen molar-refractivity contribution in [2.75, 3.05) is 5.32 Å². The van der Waals surface area contributed by atoms with Crippen molar-refractivity contribution in [3.8, 4) is 0 Å². The molecule has 1 saturated carbocycles. The van der Waals surface area contributed by atoms with Crippen LogP contribution in [0, 0.1) is 40.7 Å². The number of anilines is 1. The maximum atomic E-state index is 13.5. The van der Waals surface area contributed by atoms with E-state index in [9.17, 15) is 24.5 Å². The fourth-order valence-corrected chi connectivity index (χ4v) is 5.72. The van der Waals surface area contributed by atoms with Crippen LogP contribution in [0.5, 0.6) is 0 Å². The third-order valence-electron chi connectivity index (χ3n) is 7.36. The molecule has 2 aromatic carbocycles. The molecule has 3 amide bonds. The van der Waals surface area contributed by atoms with Crippen LogP contribution in [0.25, 0.3) is 0 Å². The highest BCUT2D eigenvalue weighted by Crippen LogP contribution is 2.51. The highest BCUT2D eigenvalue weighted by atomic mass is 16.6. The third kappa shape index (κ3) is 3.69. The number of non-ortho nitro benzene ring substituents is 1. The first-order valence-corrected chi connectivity index (χ1v) is 11.5. The monoisotopic (exact) mass is 459 g/mol.